The van der Waals surface area contributed by atoms with Crippen LogP contribution in [0, 0.1) is 13.8 Å². The van der Waals surface area contributed by atoms with E-state index < -0.39 is 5.41 Å². The second kappa shape index (κ2) is 6.62. The molecule has 146 valence electrons. The van der Waals surface area contributed by atoms with E-state index in [-0.39, 0.29) is 12.7 Å². The van der Waals surface area contributed by atoms with Crippen LogP contribution in [0.2, 0.25) is 0 Å². The van der Waals surface area contributed by atoms with E-state index in [4.69, 9.17) is 9.47 Å². The molecule has 0 radical (unpaired) electrons. The maximum atomic E-state index is 13.1. The number of fused-ring (bicyclic) bond motifs is 1. The standard InChI is InChI=1S/C24H22N2O3/c1-15-4-3-5-17(12-15)19-7-9-22(25-16(19)2)26-23(27)24(10-11-24)18-6-8-20-21(13-18)29-14-28-20/h3-9,12-13H,10-11,14H2,1-2H3,(H,25,26,27). The summed E-state index contributed by atoms with van der Waals surface area (Å²) in [7, 11) is 0. The van der Waals surface area contributed by atoms with Crippen molar-refractivity contribution in [3.63, 3.8) is 0 Å². The average Bonchev–Trinajstić information content (AvgIpc) is 3.39. The Morgan fingerprint density at radius 3 is 2.59 bits per heavy atom. The highest BCUT2D eigenvalue weighted by Gasteiger charge is 2.51. The van der Waals surface area contributed by atoms with Crippen molar-refractivity contribution in [2.24, 2.45) is 0 Å². The van der Waals surface area contributed by atoms with Crippen molar-refractivity contribution in [3.8, 4) is 22.6 Å². The number of carbonyl (C=O) groups excluding carboxylic acids is 1. The van der Waals surface area contributed by atoms with Gasteiger partial charge >= 0.3 is 0 Å². The molecule has 2 aromatic carbocycles. The third-order valence-corrected chi connectivity index (χ3v) is 5.77. The van der Waals surface area contributed by atoms with Gasteiger partial charge in [0.05, 0.1) is 5.41 Å². The molecule has 5 heteroatoms. The molecule has 1 amide bonds. The monoisotopic (exact) mass is 386 g/mol. The lowest BCUT2D eigenvalue weighted by Crippen LogP contribution is -2.28. The number of ether oxygens (including phenoxy) is 2. The van der Waals surface area contributed by atoms with Crippen LogP contribution in [-0.4, -0.2) is 17.7 Å². The van der Waals surface area contributed by atoms with Gasteiger partial charge in [0.2, 0.25) is 12.7 Å². The summed E-state index contributed by atoms with van der Waals surface area (Å²) < 4.78 is 10.9. The molecule has 2 heterocycles. The highest BCUT2D eigenvalue weighted by Crippen LogP contribution is 2.51. The van der Waals surface area contributed by atoms with Gasteiger partial charge in [-0.15, -0.1) is 0 Å². The Kier molecular flexibility index (Phi) is 4.05. The molecule has 0 saturated heterocycles. The summed E-state index contributed by atoms with van der Waals surface area (Å²) in [5, 5.41) is 3.02. The molecule has 2 aliphatic rings. The molecule has 5 rings (SSSR count). The Hall–Kier alpha value is -3.34. The molecule has 29 heavy (non-hydrogen) atoms. The van der Waals surface area contributed by atoms with E-state index in [1.807, 2.05) is 43.3 Å². The summed E-state index contributed by atoms with van der Waals surface area (Å²) in [6.07, 6.45) is 1.64. The number of hydrogen-bond donors (Lipinski definition) is 1. The lowest BCUT2D eigenvalue weighted by molar-refractivity contribution is -0.118. The molecule has 0 unspecified atom stereocenters. The second-order valence-electron chi connectivity index (χ2n) is 7.80. The minimum atomic E-state index is -0.508. The summed E-state index contributed by atoms with van der Waals surface area (Å²) in [5.41, 5.74) is 4.76. The molecule has 5 nitrogen and oxygen atoms in total. The van der Waals surface area contributed by atoms with Gasteiger partial charge in [0.1, 0.15) is 5.82 Å². The number of nitrogens with zero attached hydrogens (tertiary/aromatic N) is 1. The molecule has 3 aromatic rings. The number of carbonyl (C=O) groups is 1. The van der Waals surface area contributed by atoms with Crippen LogP contribution in [0.25, 0.3) is 11.1 Å². The van der Waals surface area contributed by atoms with Crippen LogP contribution in [0.4, 0.5) is 5.82 Å². The van der Waals surface area contributed by atoms with Crippen LogP contribution in [0.3, 0.4) is 0 Å². The largest absolute Gasteiger partial charge is 0.454 e. The Bertz CT molecular complexity index is 1120. The highest BCUT2D eigenvalue weighted by atomic mass is 16.7. The van der Waals surface area contributed by atoms with E-state index in [1.54, 1.807) is 0 Å². The van der Waals surface area contributed by atoms with Gasteiger partial charge in [-0.25, -0.2) is 4.98 Å². The third kappa shape index (κ3) is 3.12. The zero-order valence-corrected chi connectivity index (χ0v) is 16.5. The minimum absolute atomic E-state index is 0.0217. The maximum absolute atomic E-state index is 13.1. The van der Waals surface area contributed by atoms with Crippen molar-refractivity contribution in [1.82, 2.24) is 4.98 Å². The first-order chi connectivity index (χ1) is 14.0. The molecule has 1 aliphatic heterocycles. The van der Waals surface area contributed by atoms with Gasteiger partial charge in [0, 0.05) is 11.3 Å². The molecule has 1 aliphatic carbocycles. The summed E-state index contributed by atoms with van der Waals surface area (Å²) in [6.45, 7) is 4.28. The number of aromatic nitrogens is 1. The first-order valence-electron chi connectivity index (χ1n) is 9.81. The normalized spacial score (nSPS) is 15.8. The molecule has 0 atom stereocenters. The van der Waals surface area contributed by atoms with E-state index in [0.29, 0.717) is 11.6 Å². The Labute approximate surface area is 169 Å². The number of anilines is 1. The lowest BCUT2D eigenvalue weighted by atomic mass is 9.94. The SMILES string of the molecule is Cc1cccc(-c2ccc(NC(=O)C3(c4ccc5c(c4)OCO5)CC3)nc2C)c1. The van der Waals surface area contributed by atoms with Crippen LogP contribution in [-0.2, 0) is 10.2 Å². The van der Waals surface area contributed by atoms with Crippen molar-refractivity contribution < 1.29 is 14.3 Å². The molecular weight excluding hydrogens is 364 g/mol. The van der Waals surface area contributed by atoms with Gasteiger partial charge in [-0.1, -0.05) is 35.9 Å². The number of pyridine rings is 1. The van der Waals surface area contributed by atoms with Crippen molar-refractivity contribution in [3.05, 3.63) is 71.4 Å². The number of nitrogens with one attached hydrogen (secondary N) is 1. The fraction of sp³-hybridized carbons (Fsp3) is 0.250. The van der Waals surface area contributed by atoms with E-state index in [9.17, 15) is 4.79 Å². The van der Waals surface area contributed by atoms with Crippen LogP contribution in [0.5, 0.6) is 11.5 Å². The number of aryl methyl sites for hydroxylation is 2. The summed E-state index contributed by atoms with van der Waals surface area (Å²) in [5.74, 6) is 1.99. The van der Waals surface area contributed by atoms with Crippen LogP contribution < -0.4 is 14.8 Å². The minimum Gasteiger partial charge on any atom is -0.454 e. The van der Waals surface area contributed by atoms with Crippen molar-refractivity contribution in [2.75, 3.05) is 12.1 Å². The Balaban J connectivity index is 1.38. The zero-order valence-electron chi connectivity index (χ0n) is 16.5. The predicted molar refractivity (Wildman–Crippen MR) is 111 cm³/mol. The van der Waals surface area contributed by atoms with E-state index in [2.05, 4.69) is 35.4 Å². The number of rotatable bonds is 4. The molecule has 1 N–H and O–H groups in total. The number of amides is 1. The zero-order chi connectivity index (χ0) is 20.0. The highest BCUT2D eigenvalue weighted by molar-refractivity contribution is 6.01. The number of hydrogen-bond acceptors (Lipinski definition) is 4. The third-order valence-electron chi connectivity index (χ3n) is 5.77. The first-order valence-corrected chi connectivity index (χ1v) is 9.81. The molecule has 0 spiro atoms. The lowest BCUT2D eigenvalue weighted by Gasteiger charge is -2.17. The Morgan fingerprint density at radius 2 is 1.83 bits per heavy atom. The fourth-order valence-corrected chi connectivity index (χ4v) is 3.95. The van der Waals surface area contributed by atoms with Gasteiger partial charge in [-0.3, -0.25) is 4.79 Å². The van der Waals surface area contributed by atoms with Crippen LogP contribution >= 0.6 is 0 Å². The predicted octanol–water partition coefficient (Wildman–Crippen LogP) is 4.76. The smallest absolute Gasteiger partial charge is 0.236 e. The average molecular weight is 386 g/mol. The molecule has 1 saturated carbocycles. The molecular formula is C24H22N2O3. The van der Waals surface area contributed by atoms with Gasteiger partial charge < -0.3 is 14.8 Å². The van der Waals surface area contributed by atoms with E-state index >= 15 is 0 Å². The Morgan fingerprint density at radius 1 is 1.00 bits per heavy atom. The topological polar surface area (TPSA) is 60.5 Å². The second-order valence-corrected chi connectivity index (χ2v) is 7.80. The van der Waals surface area contributed by atoms with Gasteiger partial charge in [0.15, 0.2) is 11.5 Å². The summed E-state index contributed by atoms with van der Waals surface area (Å²) in [4.78, 5) is 17.7. The van der Waals surface area contributed by atoms with Gasteiger partial charge in [0.25, 0.3) is 0 Å². The van der Waals surface area contributed by atoms with E-state index in [1.165, 1.54) is 5.56 Å². The molecule has 1 aromatic heterocycles. The van der Waals surface area contributed by atoms with Crippen molar-refractivity contribution in [1.29, 1.82) is 0 Å². The molecule has 1 fully saturated rings. The van der Waals surface area contributed by atoms with Crippen LogP contribution in [0.1, 0.15) is 29.7 Å². The number of benzene rings is 2. The van der Waals surface area contributed by atoms with Gasteiger partial charge in [-0.05, 0) is 62.1 Å². The first kappa shape index (κ1) is 17.7. The maximum Gasteiger partial charge on any atom is 0.236 e. The summed E-state index contributed by atoms with van der Waals surface area (Å²) >= 11 is 0. The fourth-order valence-electron chi connectivity index (χ4n) is 3.95. The van der Waals surface area contributed by atoms with Crippen molar-refractivity contribution >= 4 is 11.7 Å². The van der Waals surface area contributed by atoms with Crippen LogP contribution in [0.15, 0.2) is 54.6 Å². The quantitative estimate of drug-likeness (QED) is 0.702. The van der Waals surface area contributed by atoms with Gasteiger partial charge in [-0.2, -0.15) is 0 Å². The summed E-state index contributed by atoms with van der Waals surface area (Å²) in [6, 6.07) is 18.0. The van der Waals surface area contributed by atoms with E-state index in [0.717, 1.165) is 41.0 Å². The molecule has 0 bridgehead atoms. The van der Waals surface area contributed by atoms with Crippen molar-refractivity contribution in [2.45, 2.75) is 32.1 Å².